The molecule has 0 saturated carbocycles. The van der Waals surface area contributed by atoms with Gasteiger partial charge in [-0.05, 0) is 30.5 Å². The van der Waals surface area contributed by atoms with Gasteiger partial charge < -0.3 is 9.84 Å². The second-order valence-corrected chi connectivity index (χ2v) is 5.74. The summed E-state index contributed by atoms with van der Waals surface area (Å²) in [6.07, 6.45) is 9.63. The van der Waals surface area contributed by atoms with E-state index in [1.54, 1.807) is 6.07 Å². The zero-order chi connectivity index (χ0) is 15.5. The van der Waals surface area contributed by atoms with Gasteiger partial charge in [0.1, 0.15) is 0 Å². The SMILES string of the molecule is CCCCCCCCCC(O)Cc1ccc(OC)c(F)c1. The maximum atomic E-state index is 13.5. The molecule has 0 aromatic heterocycles. The van der Waals surface area contributed by atoms with Crippen LogP contribution in [0, 0.1) is 5.82 Å². The van der Waals surface area contributed by atoms with E-state index in [0.717, 1.165) is 18.4 Å². The average molecular weight is 296 g/mol. The summed E-state index contributed by atoms with van der Waals surface area (Å²) in [6.45, 7) is 2.22. The summed E-state index contributed by atoms with van der Waals surface area (Å²) >= 11 is 0. The van der Waals surface area contributed by atoms with Crippen molar-refractivity contribution < 1.29 is 14.2 Å². The topological polar surface area (TPSA) is 29.5 Å². The fourth-order valence-electron chi connectivity index (χ4n) is 2.55. The van der Waals surface area contributed by atoms with E-state index in [1.165, 1.54) is 51.7 Å². The van der Waals surface area contributed by atoms with Crippen LogP contribution in [0.1, 0.15) is 63.9 Å². The molecule has 0 aliphatic heterocycles. The number of hydrogen-bond acceptors (Lipinski definition) is 2. The lowest BCUT2D eigenvalue weighted by Crippen LogP contribution is -2.10. The predicted octanol–water partition coefficient (Wildman–Crippen LogP) is 4.88. The largest absolute Gasteiger partial charge is 0.494 e. The summed E-state index contributed by atoms with van der Waals surface area (Å²) in [5.74, 6) is -0.113. The molecule has 0 heterocycles. The lowest BCUT2D eigenvalue weighted by Gasteiger charge is -2.11. The molecule has 0 bridgehead atoms. The molecule has 1 N–H and O–H groups in total. The van der Waals surface area contributed by atoms with Crippen LogP contribution in [0.2, 0.25) is 0 Å². The maximum Gasteiger partial charge on any atom is 0.165 e. The summed E-state index contributed by atoms with van der Waals surface area (Å²) in [5, 5.41) is 10.0. The number of unbranched alkanes of at least 4 members (excludes halogenated alkanes) is 6. The van der Waals surface area contributed by atoms with Crippen molar-refractivity contribution in [3.8, 4) is 5.75 Å². The number of hydrogen-bond donors (Lipinski definition) is 1. The molecule has 1 aromatic rings. The smallest absolute Gasteiger partial charge is 0.165 e. The third-order valence-electron chi connectivity index (χ3n) is 3.83. The lowest BCUT2D eigenvalue weighted by atomic mass is 10.0. The van der Waals surface area contributed by atoms with E-state index in [-0.39, 0.29) is 17.7 Å². The molecule has 1 aromatic carbocycles. The number of methoxy groups -OCH3 is 1. The summed E-state index contributed by atoms with van der Waals surface area (Å²) < 4.78 is 18.4. The Labute approximate surface area is 128 Å². The van der Waals surface area contributed by atoms with E-state index in [1.807, 2.05) is 6.07 Å². The highest BCUT2D eigenvalue weighted by Gasteiger charge is 2.08. The van der Waals surface area contributed by atoms with Gasteiger partial charge in [-0.1, -0.05) is 57.9 Å². The molecular weight excluding hydrogens is 267 g/mol. The molecule has 120 valence electrons. The Hall–Kier alpha value is -1.09. The van der Waals surface area contributed by atoms with E-state index in [4.69, 9.17) is 4.74 Å². The van der Waals surface area contributed by atoms with Crippen LogP contribution in [0.4, 0.5) is 4.39 Å². The molecule has 0 radical (unpaired) electrons. The molecule has 3 heteroatoms. The minimum atomic E-state index is -0.381. The number of benzene rings is 1. The van der Waals surface area contributed by atoms with Gasteiger partial charge in [-0.3, -0.25) is 0 Å². The van der Waals surface area contributed by atoms with Gasteiger partial charge in [-0.15, -0.1) is 0 Å². The lowest BCUT2D eigenvalue weighted by molar-refractivity contribution is 0.160. The second kappa shape index (κ2) is 10.6. The van der Waals surface area contributed by atoms with Crippen molar-refractivity contribution >= 4 is 0 Å². The summed E-state index contributed by atoms with van der Waals surface area (Å²) in [7, 11) is 1.45. The molecule has 1 unspecified atom stereocenters. The molecule has 0 spiro atoms. The highest BCUT2D eigenvalue weighted by molar-refractivity contribution is 5.29. The van der Waals surface area contributed by atoms with Gasteiger partial charge in [0.25, 0.3) is 0 Å². The summed E-state index contributed by atoms with van der Waals surface area (Å²) in [5.41, 5.74) is 0.823. The monoisotopic (exact) mass is 296 g/mol. The first-order valence-electron chi connectivity index (χ1n) is 8.17. The Morgan fingerprint density at radius 1 is 1.10 bits per heavy atom. The van der Waals surface area contributed by atoms with Crippen LogP contribution >= 0.6 is 0 Å². The highest BCUT2D eigenvalue weighted by Crippen LogP contribution is 2.19. The van der Waals surface area contributed by atoms with Crippen LogP contribution in [0.15, 0.2) is 18.2 Å². The summed E-state index contributed by atoms with van der Waals surface area (Å²) in [6, 6.07) is 4.88. The average Bonchev–Trinajstić information content (AvgIpc) is 2.46. The predicted molar refractivity (Wildman–Crippen MR) is 85.3 cm³/mol. The van der Waals surface area contributed by atoms with E-state index >= 15 is 0 Å². The van der Waals surface area contributed by atoms with Crippen LogP contribution < -0.4 is 4.74 Å². The highest BCUT2D eigenvalue weighted by atomic mass is 19.1. The molecule has 0 aliphatic rings. The Balaban J connectivity index is 2.18. The zero-order valence-electron chi connectivity index (χ0n) is 13.4. The fraction of sp³-hybridized carbons (Fsp3) is 0.667. The van der Waals surface area contributed by atoms with Crippen LogP contribution in [0.3, 0.4) is 0 Å². The quantitative estimate of drug-likeness (QED) is 0.590. The Bertz CT molecular complexity index is 393. The molecule has 1 rings (SSSR count). The van der Waals surface area contributed by atoms with Crippen molar-refractivity contribution in [1.29, 1.82) is 0 Å². The maximum absolute atomic E-state index is 13.5. The standard InChI is InChI=1S/C18H29FO2/c1-3-4-5-6-7-8-9-10-16(20)13-15-11-12-18(21-2)17(19)14-15/h11-12,14,16,20H,3-10,13H2,1-2H3. The molecule has 0 fully saturated rings. The van der Waals surface area contributed by atoms with Crippen LogP contribution in [-0.2, 0) is 6.42 Å². The molecule has 2 nitrogen and oxygen atoms in total. The van der Waals surface area contributed by atoms with E-state index < -0.39 is 0 Å². The Morgan fingerprint density at radius 3 is 2.38 bits per heavy atom. The van der Waals surface area contributed by atoms with Crippen LogP contribution in [-0.4, -0.2) is 18.3 Å². The van der Waals surface area contributed by atoms with Gasteiger partial charge in [0.2, 0.25) is 0 Å². The van der Waals surface area contributed by atoms with E-state index in [2.05, 4.69) is 6.92 Å². The van der Waals surface area contributed by atoms with E-state index in [9.17, 15) is 9.50 Å². The van der Waals surface area contributed by atoms with Gasteiger partial charge in [-0.2, -0.15) is 0 Å². The molecular formula is C18H29FO2. The third-order valence-corrected chi connectivity index (χ3v) is 3.83. The van der Waals surface area contributed by atoms with Crippen molar-refractivity contribution in [3.05, 3.63) is 29.6 Å². The van der Waals surface area contributed by atoms with Gasteiger partial charge >= 0.3 is 0 Å². The third kappa shape index (κ3) is 7.47. The first-order valence-corrected chi connectivity index (χ1v) is 8.17. The first kappa shape index (κ1) is 18.0. The summed E-state index contributed by atoms with van der Waals surface area (Å²) in [4.78, 5) is 0. The van der Waals surface area contributed by atoms with Crippen molar-refractivity contribution in [3.63, 3.8) is 0 Å². The number of aliphatic hydroxyl groups excluding tert-OH is 1. The van der Waals surface area contributed by atoms with Crippen molar-refractivity contribution in [1.82, 2.24) is 0 Å². The number of aliphatic hydroxyl groups is 1. The van der Waals surface area contributed by atoms with Gasteiger partial charge in [0.05, 0.1) is 13.2 Å². The van der Waals surface area contributed by atoms with Gasteiger partial charge in [0, 0.05) is 0 Å². The molecule has 21 heavy (non-hydrogen) atoms. The molecule has 1 atom stereocenters. The molecule has 0 aliphatic carbocycles. The fourth-order valence-corrected chi connectivity index (χ4v) is 2.55. The van der Waals surface area contributed by atoms with Crippen LogP contribution in [0.5, 0.6) is 5.75 Å². The Morgan fingerprint density at radius 2 is 1.76 bits per heavy atom. The van der Waals surface area contributed by atoms with Crippen LogP contribution in [0.25, 0.3) is 0 Å². The number of rotatable bonds is 11. The Kier molecular flexibility index (Phi) is 9.07. The normalized spacial score (nSPS) is 12.4. The minimum Gasteiger partial charge on any atom is -0.494 e. The minimum absolute atomic E-state index is 0.250. The van der Waals surface area contributed by atoms with E-state index in [0.29, 0.717) is 6.42 Å². The van der Waals surface area contributed by atoms with Gasteiger partial charge in [0.15, 0.2) is 11.6 Å². The molecule has 0 saturated heterocycles. The number of halogens is 1. The van der Waals surface area contributed by atoms with Gasteiger partial charge in [-0.25, -0.2) is 4.39 Å². The van der Waals surface area contributed by atoms with Crippen molar-refractivity contribution in [2.75, 3.05) is 7.11 Å². The first-order chi connectivity index (χ1) is 10.2. The number of ether oxygens (including phenoxy) is 1. The molecule has 0 amide bonds. The van der Waals surface area contributed by atoms with Crippen molar-refractivity contribution in [2.45, 2.75) is 70.8 Å². The zero-order valence-corrected chi connectivity index (χ0v) is 13.4. The second-order valence-electron chi connectivity index (χ2n) is 5.74. The van der Waals surface area contributed by atoms with Crippen molar-refractivity contribution in [2.24, 2.45) is 0 Å².